The summed E-state index contributed by atoms with van der Waals surface area (Å²) in [4.78, 5) is 53.6. The Bertz CT molecular complexity index is 775. The summed E-state index contributed by atoms with van der Waals surface area (Å²) in [5, 5.41) is 45.1. The molecule has 0 fully saturated rings. The van der Waals surface area contributed by atoms with Crippen LogP contribution in [0.1, 0.15) is 145 Å². The van der Waals surface area contributed by atoms with E-state index in [4.69, 9.17) is 0 Å². The monoisotopic (exact) mass is 570 g/mol. The maximum absolute atomic E-state index is 13.5. The number of carbonyl (C=O) groups excluding carboxylic acids is 1. The van der Waals surface area contributed by atoms with Crippen molar-refractivity contribution >= 4 is 23.7 Å². The van der Waals surface area contributed by atoms with Crippen molar-refractivity contribution in [2.45, 2.75) is 150 Å². The average Bonchev–Trinajstić information content (AvgIpc) is 2.91. The van der Waals surface area contributed by atoms with Crippen LogP contribution in [0.4, 0.5) is 0 Å². The number of carbonyl (C=O) groups is 4. The Morgan fingerprint density at radius 1 is 0.575 bits per heavy atom. The summed E-state index contributed by atoms with van der Waals surface area (Å²) in [7, 11) is 0. The number of aliphatic carboxylic acids is 3. The van der Waals surface area contributed by atoms with Crippen LogP contribution in [0.25, 0.3) is 0 Å². The molecule has 5 atom stereocenters. The lowest BCUT2D eigenvalue weighted by molar-refractivity contribution is -0.227. The highest BCUT2D eigenvalue weighted by Gasteiger charge is 2.75. The van der Waals surface area contributed by atoms with Crippen LogP contribution in [0.5, 0.6) is 0 Å². The number of unbranched alkanes of at least 4 members (excludes halogenated alkanes) is 3. The number of hydrogen-bond donors (Lipinski definition) is 4. The molecule has 0 heterocycles. The average molecular weight is 571 g/mol. The standard InChI is InChI=1S/C32H58O8/c1-8-14-17-24(11-4)20-30(27(34)35,21-25(12-5)18-15-9-2)32(40,29(38)39)31(23(7)33,28(36)37)22-26(13-6)19-16-10-3/h24-26,40H,8-22H2,1-7H3,(H,34,35)(H,36,37)(H,38,39). The summed E-state index contributed by atoms with van der Waals surface area (Å²) >= 11 is 0. The molecule has 0 spiro atoms. The number of rotatable bonds is 24. The number of carboxylic acids is 3. The van der Waals surface area contributed by atoms with Crippen LogP contribution in [-0.2, 0) is 19.2 Å². The molecular weight excluding hydrogens is 512 g/mol. The molecule has 0 aromatic rings. The molecule has 40 heavy (non-hydrogen) atoms. The highest BCUT2D eigenvalue weighted by molar-refractivity contribution is 6.10. The molecule has 5 unspecified atom stereocenters. The van der Waals surface area contributed by atoms with Crippen molar-refractivity contribution in [3.63, 3.8) is 0 Å². The van der Waals surface area contributed by atoms with Gasteiger partial charge in [-0.25, -0.2) is 4.79 Å². The predicted octanol–water partition coefficient (Wildman–Crippen LogP) is 7.35. The van der Waals surface area contributed by atoms with E-state index in [0.29, 0.717) is 38.5 Å². The van der Waals surface area contributed by atoms with E-state index in [1.807, 2.05) is 41.5 Å². The SMILES string of the molecule is CCCCC(CC)CC(CC(CC)CCCC)(C(=O)O)C(O)(C(=O)O)C(CC(CC)CCCC)(C(C)=O)C(=O)O. The highest BCUT2D eigenvalue weighted by atomic mass is 16.4. The zero-order valence-corrected chi connectivity index (χ0v) is 26.3. The van der Waals surface area contributed by atoms with E-state index in [1.165, 1.54) is 0 Å². The van der Waals surface area contributed by atoms with E-state index >= 15 is 0 Å². The zero-order chi connectivity index (χ0) is 31.1. The van der Waals surface area contributed by atoms with Crippen molar-refractivity contribution in [2.24, 2.45) is 28.6 Å². The molecule has 0 aromatic heterocycles. The van der Waals surface area contributed by atoms with Crippen molar-refractivity contribution in [2.75, 3.05) is 0 Å². The molecule has 0 amide bonds. The third-order valence-corrected chi connectivity index (χ3v) is 9.49. The first-order valence-electron chi connectivity index (χ1n) is 15.7. The molecule has 0 rings (SSSR count). The molecule has 8 nitrogen and oxygen atoms in total. The first-order chi connectivity index (χ1) is 18.8. The van der Waals surface area contributed by atoms with Crippen LogP contribution in [0.2, 0.25) is 0 Å². The number of carboxylic acid groups (broad SMARTS) is 3. The molecule has 0 saturated carbocycles. The van der Waals surface area contributed by atoms with Gasteiger partial charge in [0.25, 0.3) is 0 Å². The molecule has 0 aliphatic rings. The van der Waals surface area contributed by atoms with Crippen LogP contribution in [0, 0.1) is 28.6 Å². The molecule has 0 radical (unpaired) electrons. The third-order valence-electron chi connectivity index (χ3n) is 9.49. The summed E-state index contributed by atoms with van der Waals surface area (Å²) in [5.41, 5.74) is -8.56. The van der Waals surface area contributed by atoms with E-state index in [-0.39, 0.29) is 30.6 Å². The molecule has 0 aliphatic heterocycles. The Morgan fingerprint density at radius 3 is 1.15 bits per heavy atom. The Kier molecular flexibility index (Phi) is 16.9. The number of hydrogen-bond acceptors (Lipinski definition) is 5. The lowest BCUT2D eigenvalue weighted by Crippen LogP contribution is -2.72. The Balaban J connectivity index is 7.74. The summed E-state index contributed by atoms with van der Waals surface area (Å²) in [5.74, 6) is -7.18. The van der Waals surface area contributed by atoms with E-state index < -0.39 is 46.5 Å². The Morgan fingerprint density at radius 2 is 0.925 bits per heavy atom. The summed E-state index contributed by atoms with van der Waals surface area (Å²) in [6.07, 6.45) is 7.37. The fourth-order valence-electron chi connectivity index (χ4n) is 6.69. The van der Waals surface area contributed by atoms with Crippen LogP contribution < -0.4 is 0 Å². The van der Waals surface area contributed by atoms with Crippen LogP contribution in [-0.4, -0.2) is 49.7 Å². The van der Waals surface area contributed by atoms with Crippen molar-refractivity contribution in [3.05, 3.63) is 0 Å². The molecule has 0 saturated heterocycles. The summed E-state index contributed by atoms with van der Waals surface area (Å²) in [6.45, 7) is 12.6. The second-order valence-corrected chi connectivity index (χ2v) is 12.0. The van der Waals surface area contributed by atoms with Crippen molar-refractivity contribution in [1.82, 2.24) is 0 Å². The van der Waals surface area contributed by atoms with Gasteiger partial charge >= 0.3 is 17.9 Å². The molecule has 4 N–H and O–H groups in total. The van der Waals surface area contributed by atoms with Crippen molar-refractivity contribution < 1.29 is 39.6 Å². The maximum atomic E-state index is 13.5. The van der Waals surface area contributed by atoms with Gasteiger partial charge in [-0.2, -0.15) is 0 Å². The predicted molar refractivity (Wildman–Crippen MR) is 157 cm³/mol. The highest BCUT2D eigenvalue weighted by Crippen LogP contribution is 2.56. The van der Waals surface area contributed by atoms with E-state index in [1.54, 1.807) is 0 Å². The minimum Gasteiger partial charge on any atom is -0.481 e. The summed E-state index contributed by atoms with van der Waals surface area (Å²) < 4.78 is 0. The van der Waals surface area contributed by atoms with Gasteiger partial charge in [0.15, 0.2) is 11.2 Å². The number of ketones is 1. The van der Waals surface area contributed by atoms with Crippen molar-refractivity contribution in [3.8, 4) is 0 Å². The fourth-order valence-corrected chi connectivity index (χ4v) is 6.69. The second-order valence-electron chi connectivity index (χ2n) is 12.0. The lowest BCUT2D eigenvalue weighted by atomic mass is 9.49. The quantitative estimate of drug-likeness (QED) is 0.0880. The van der Waals surface area contributed by atoms with Crippen LogP contribution >= 0.6 is 0 Å². The minimum atomic E-state index is -3.36. The summed E-state index contributed by atoms with van der Waals surface area (Å²) in [6, 6.07) is 0. The number of aliphatic hydroxyl groups is 1. The second kappa shape index (κ2) is 17.8. The smallest absolute Gasteiger partial charge is 0.338 e. The lowest BCUT2D eigenvalue weighted by Gasteiger charge is -2.52. The van der Waals surface area contributed by atoms with Gasteiger partial charge in [-0.3, -0.25) is 14.4 Å². The van der Waals surface area contributed by atoms with E-state index in [0.717, 1.165) is 45.4 Å². The topological polar surface area (TPSA) is 149 Å². The minimum absolute atomic E-state index is 0.210. The van der Waals surface area contributed by atoms with Gasteiger partial charge in [0.1, 0.15) is 5.41 Å². The normalized spacial score (nSPS) is 18.5. The molecule has 0 bridgehead atoms. The van der Waals surface area contributed by atoms with Crippen LogP contribution in [0.15, 0.2) is 0 Å². The van der Waals surface area contributed by atoms with Gasteiger partial charge in [-0.1, -0.05) is 119 Å². The molecule has 0 aromatic carbocycles. The molecular formula is C32H58O8. The fraction of sp³-hybridized carbons (Fsp3) is 0.875. The van der Waals surface area contributed by atoms with Gasteiger partial charge in [-0.05, 0) is 43.9 Å². The largest absolute Gasteiger partial charge is 0.481 e. The van der Waals surface area contributed by atoms with Gasteiger partial charge in [0.2, 0.25) is 5.60 Å². The van der Waals surface area contributed by atoms with Gasteiger partial charge in [0.05, 0.1) is 0 Å². The first kappa shape index (κ1) is 38.0. The van der Waals surface area contributed by atoms with Crippen LogP contribution in [0.3, 0.4) is 0 Å². The molecule has 8 heteroatoms. The van der Waals surface area contributed by atoms with Gasteiger partial charge in [-0.15, -0.1) is 0 Å². The Hall–Kier alpha value is -1.96. The zero-order valence-electron chi connectivity index (χ0n) is 26.3. The van der Waals surface area contributed by atoms with Gasteiger partial charge < -0.3 is 20.4 Å². The van der Waals surface area contributed by atoms with Crippen molar-refractivity contribution in [1.29, 1.82) is 0 Å². The van der Waals surface area contributed by atoms with Gasteiger partial charge in [0, 0.05) is 0 Å². The Labute approximate surface area is 242 Å². The van der Waals surface area contributed by atoms with E-state index in [9.17, 15) is 39.6 Å². The number of Topliss-reactive ketones (excluding diaryl/α,β-unsaturated/α-hetero) is 1. The molecule has 0 aliphatic carbocycles. The third kappa shape index (κ3) is 8.29. The van der Waals surface area contributed by atoms with E-state index in [2.05, 4.69) is 0 Å². The first-order valence-corrected chi connectivity index (χ1v) is 15.7. The molecule has 234 valence electrons. The maximum Gasteiger partial charge on any atom is 0.338 e.